The second-order valence-electron chi connectivity index (χ2n) is 7.39. The van der Waals surface area contributed by atoms with Crippen LogP contribution in [-0.4, -0.2) is 25.0 Å². The summed E-state index contributed by atoms with van der Waals surface area (Å²) in [6.07, 6.45) is 0.251. The number of para-hydroxylation sites is 3. The normalized spacial score (nSPS) is 14.3. The minimum atomic E-state index is -0.230. The Morgan fingerprint density at radius 3 is 2.58 bits per heavy atom. The molecule has 0 aromatic heterocycles. The number of anilines is 2. The zero-order chi connectivity index (χ0) is 18.7. The molecule has 0 aliphatic carbocycles. The Balaban J connectivity index is 1.82. The van der Waals surface area contributed by atoms with Crippen molar-refractivity contribution in [2.45, 2.75) is 32.6 Å². The molecule has 0 bridgehead atoms. The van der Waals surface area contributed by atoms with E-state index in [4.69, 9.17) is 4.74 Å². The lowest BCUT2D eigenvalue weighted by Gasteiger charge is -2.24. The summed E-state index contributed by atoms with van der Waals surface area (Å²) in [4.78, 5) is 26.6. The number of nitrogens with one attached hydrogen (secondary N) is 1. The monoisotopic (exact) mass is 352 g/mol. The fraction of sp³-hybridized carbons (Fsp3) is 0.333. The van der Waals surface area contributed by atoms with Crippen LogP contribution in [0.2, 0.25) is 0 Å². The Labute approximate surface area is 154 Å². The molecule has 0 radical (unpaired) electrons. The Kier molecular flexibility index (Phi) is 4.98. The van der Waals surface area contributed by atoms with Crippen molar-refractivity contribution in [2.24, 2.45) is 0 Å². The third-order valence-electron chi connectivity index (χ3n) is 4.34. The van der Waals surface area contributed by atoms with E-state index in [2.05, 4.69) is 26.1 Å². The highest BCUT2D eigenvalue weighted by molar-refractivity contribution is 6.04. The average Bonchev–Trinajstić information content (AvgIpc) is 2.74. The highest BCUT2D eigenvalue weighted by Gasteiger charge is 2.26. The Hall–Kier alpha value is -2.82. The van der Waals surface area contributed by atoms with Crippen molar-refractivity contribution >= 4 is 23.2 Å². The Bertz CT molecular complexity index is 824. The van der Waals surface area contributed by atoms with Crippen molar-refractivity contribution in [2.75, 3.05) is 23.4 Å². The van der Waals surface area contributed by atoms with E-state index in [0.29, 0.717) is 18.0 Å². The molecule has 0 unspecified atom stereocenters. The van der Waals surface area contributed by atoms with E-state index >= 15 is 0 Å². The van der Waals surface area contributed by atoms with Crippen LogP contribution in [0.4, 0.5) is 11.4 Å². The molecule has 5 heteroatoms. The van der Waals surface area contributed by atoms with Crippen LogP contribution in [0.15, 0.2) is 48.5 Å². The number of carbonyl (C=O) groups excluding carboxylic acids is 2. The number of amides is 2. The number of hydrogen-bond acceptors (Lipinski definition) is 3. The molecule has 5 nitrogen and oxygen atoms in total. The molecule has 0 saturated carbocycles. The SMILES string of the molecule is CC(C)(C)c1ccccc1NC(=O)CN1C(=O)CCOc2ccccc21. The summed E-state index contributed by atoms with van der Waals surface area (Å²) in [6, 6.07) is 15.1. The van der Waals surface area contributed by atoms with Crippen molar-refractivity contribution in [3.05, 3.63) is 54.1 Å². The number of nitrogens with zero attached hydrogens (tertiary/aromatic N) is 1. The summed E-state index contributed by atoms with van der Waals surface area (Å²) in [7, 11) is 0. The molecule has 3 rings (SSSR count). The van der Waals surface area contributed by atoms with E-state index in [0.717, 1.165) is 11.3 Å². The highest BCUT2D eigenvalue weighted by Crippen LogP contribution is 2.32. The number of fused-ring (bicyclic) bond motifs is 1. The van der Waals surface area contributed by atoms with Gasteiger partial charge in [-0.3, -0.25) is 14.5 Å². The van der Waals surface area contributed by atoms with Gasteiger partial charge in [0.25, 0.3) is 0 Å². The lowest BCUT2D eigenvalue weighted by atomic mass is 9.86. The van der Waals surface area contributed by atoms with Crippen LogP contribution in [0, 0.1) is 0 Å². The molecular weight excluding hydrogens is 328 g/mol. The van der Waals surface area contributed by atoms with Crippen LogP contribution >= 0.6 is 0 Å². The molecule has 0 atom stereocenters. The highest BCUT2D eigenvalue weighted by atomic mass is 16.5. The van der Waals surface area contributed by atoms with E-state index in [1.165, 1.54) is 4.90 Å². The summed E-state index contributed by atoms with van der Waals surface area (Å²) in [5.74, 6) is 0.280. The first kappa shape index (κ1) is 18.0. The second-order valence-corrected chi connectivity index (χ2v) is 7.39. The van der Waals surface area contributed by atoms with Crippen LogP contribution < -0.4 is 15.0 Å². The number of ether oxygens (including phenoxy) is 1. The van der Waals surface area contributed by atoms with Gasteiger partial charge in [0.05, 0.1) is 18.7 Å². The van der Waals surface area contributed by atoms with Crippen molar-refractivity contribution in [3.63, 3.8) is 0 Å². The van der Waals surface area contributed by atoms with E-state index in [1.54, 1.807) is 6.07 Å². The van der Waals surface area contributed by atoms with Gasteiger partial charge in [-0.05, 0) is 29.2 Å². The largest absolute Gasteiger partial charge is 0.491 e. The summed E-state index contributed by atoms with van der Waals surface area (Å²) in [6.45, 7) is 6.58. The molecule has 1 aliphatic rings. The van der Waals surface area contributed by atoms with Crippen LogP contribution in [0.5, 0.6) is 5.75 Å². The number of rotatable bonds is 3. The van der Waals surface area contributed by atoms with Crippen molar-refractivity contribution < 1.29 is 14.3 Å². The smallest absolute Gasteiger partial charge is 0.244 e. The lowest BCUT2D eigenvalue weighted by molar-refractivity contribution is -0.121. The molecular formula is C21H24N2O3. The molecule has 1 N–H and O–H groups in total. The zero-order valence-electron chi connectivity index (χ0n) is 15.4. The van der Waals surface area contributed by atoms with E-state index in [-0.39, 0.29) is 30.2 Å². The molecule has 0 fully saturated rings. The lowest BCUT2D eigenvalue weighted by Crippen LogP contribution is -2.38. The van der Waals surface area contributed by atoms with Gasteiger partial charge >= 0.3 is 0 Å². The first-order valence-corrected chi connectivity index (χ1v) is 8.78. The molecule has 2 aromatic rings. The Morgan fingerprint density at radius 2 is 1.81 bits per heavy atom. The van der Waals surface area contributed by atoms with Crippen molar-refractivity contribution in [1.82, 2.24) is 0 Å². The van der Waals surface area contributed by atoms with Gasteiger partial charge < -0.3 is 10.1 Å². The topological polar surface area (TPSA) is 58.6 Å². The molecule has 0 saturated heterocycles. The summed E-state index contributed by atoms with van der Waals surface area (Å²) in [5, 5.41) is 2.96. The van der Waals surface area contributed by atoms with Gasteiger partial charge in [-0.1, -0.05) is 51.1 Å². The van der Waals surface area contributed by atoms with Crippen LogP contribution in [0.25, 0.3) is 0 Å². The maximum atomic E-state index is 12.7. The number of carbonyl (C=O) groups is 2. The van der Waals surface area contributed by atoms with E-state index in [1.807, 2.05) is 42.5 Å². The predicted molar refractivity (Wildman–Crippen MR) is 103 cm³/mol. The quantitative estimate of drug-likeness (QED) is 0.915. The van der Waals surface area contributed by atoms with Crippen molar-refractivity contribution in [1.29, 1.82) is 0 Å². The minimum absolute atomic E-state index is 0.0440. The fourth-order valence-electron chi connectivity index (χ4n) is 3.07. The van der Waals surface area contributed by atoms with E-state index in [9.17, 15) is 9.59 Å². The molecule has 0 spiro atoms. The van der Waals surface area contributed by atoms with Crippen LogP contribution in [-0.2, 0) is 15.0 Å². The molecule has 2 aromatic carbocycles. The van der Waals surface area contributed by atoms with Crippen LogP contribution in [0.3, 0.4) is 0 Å². The molecule has 2 amide bonds. The summed E-state index contributed by atoms with van der Waals surface area (Å²) >= 11 is 0. The van der Waals surface area contributed by atoms with Gasteiger partial charge in [-0.25, -0.2) is 0 Å². The first-order valence-electron chi connectivity index (χ1n) is 8.78. The van der Waals surface area contributed by atoms with Crippen molar-refractivity contribution in [3.8, 4) is 5.75 Å². The fourth-order valence-corrected chi connectivity index (χ4v) is 3.07. The third kappa shape index (κ3) is 3.87. The Morgan fingerprint density at radius 1 is 1.12 bits per heavy atom. The number of benzene rings is 2. The summed E-state index contributed by atoms with van der Waals surface area (Å²) in [5.41, 5.74) is 2.37. The maximum Gasteiger partial charge on any atom is 0.244 e. The van der Waals surface area contributed by atoms with Gasteiger partial charge in [0.1, 0.15) is 12.3 Å². The van der Waals surface area contributed by atoms with Gasteiger partial charge in [0.2, 0.25) is 11.8 Å². The standard InChI is InChI=1S/C21H24N2O3/c1-21(2,3)15-8-4-5-9-16(15)22-19(24)14-23-17-10-6-7-11-18(17)26-13-12-20(23)25/h4-11H,12-14H2,1-3H3,(H,22,24). The molecule has 1 heterocycles. The van der Waals surface area contributed by atoms with Gasteiger partial charge in [-0.15, -0.1) is 0 Å². The zero-order valence-corrected chi connectivity index (χ0v) is 15.4. The van der Waals surface area contributed by atoms with Crippen LogP contribution in [0.1, 0.15) is 32.8 Å². The van der Waals surface area contributed by atoms with Gasteiger partial charge in [0.15, 0.2) is 0 Å². The molecule has 1 aliphatic heterocycles. The third-order valence-corrected chi connectivity index (χ3v) is 4.34. The second kappa shape index (κ2) is 7.20. The van der Waals surface area contributed by atoms with Gasteiger partial charge in [-0.2, -0.15) is 0 Å². The minimum Gasteiger partial charge on any atom is -0.491 e. The first-order chi connectivity index (χ1) is 12.4. The van der Waals surface area contributed by atoms with Gasteiger partial charge in [0, 0.05) is 5.69 Å². The predicted octanol–water partition coefficient (Wildman–Crippen LogP) is 3.74. The molecule has 136 valence electrons. The average molecular weight is 352 g/mol. The summed E-state index contributed by atoms with van der Waals surface area (Å²) < 4.78 is 5.62. The van der Waals surface area contributed by atoms with E-state index < -0.39 is 0 Å². The number of hydrogen-bond donors (Lipinski definition) is 1. The molecule has 26 heavy (non-hydrogen) atoms. The maximum absolute atomic E-state index is 12.7.